The molecule has 8 nitrogen and oxygen atoms in total. The van der Waals surface area contributed by atoms with Gasteiger partial charge in [-0.1, -0.05) is 12.1 Å². The Morgan fingerprint density at radius 2 is 1.91 bits per heavy atom. The molecule has 3 N–H and O–H groups in total. The number of hydrogen-bond acceptors (Lipinski definition) is 5. The molecule has 1 fully saturated rings. The third-order valence-corrected chi connectivity index (χ3v) is 3.90. The van der Waals surface area contributed by atoms with Crippen LogP contribution in [0.2, 0.25) is 0 Å². The summed E-state index contributed by atoms with van der Waals surface area (Å²) < 4.78 is 0. The van der Waals surface area contributed by atoms with Gasteiger partial charge in [0, 0.05) is 6.42 Å². The van der Waals surface area contributed by atoms with Crippen molar-refractivity contribution in [2.75, 3.05) is 13.1 Å². The fourth-order valence-electron chi connectivity index (χ4n) is 2.81. The SMILES string of the molecule is NCCCc1cccc2c1C(=O)N(N1CCC(=O)NC1=O)C2=O. The van der Waals surface area contributed by atoms with Gasteiger partial charge in [0.05, 0.1) is 17.7 Å². The fourth-order valence-corrected chi connectivity index (χ4v) is 2.81. The minimum absolute atomic E-state index is 0.00569. The quantitative estimate of drug-likeness (QED) is 0.761. The number of hydrogen-bond donors (Lipinski definition) is 2. The second kappa shape index (κ2) is 5.81. The highest BCUT2D eigenvalue weighted by atomic mass is 16.2. The first-order chi connectivity index (χ1) is 11.0. The Morgan fingerprint density at radius 3 is 2.61 bits per heavy atom. The van der Waals surface area contributed by atoms with E-state index in [1.807, 2.05) is 0 Å². The Labute approximate surface area is 132 Å². The van der Waals surface area contributed by atoms with E-state index in [9.17, 15) is 19.2 Å². The first-order valence-electron chi connectivity index (χ1n) is 7.36. The Balaban J connectivity index is 1.94. The number of hydrazine groups is 1. The molecule has 2 aliphatic heterocycles. The summed E-state index contributed by atoms with van der Waals surface area (Å²) in [5.74, 6) is -1.52. The van der Waals surface area contributed by atoms with E-state index in [2.05, 4.69) is 5.32 Å². The van der Waals surface area contributed by atoms with Crippen LogP contribution in [0, 0.1) is 0 Å². The highest BCUT2D eigenvalue weighted by molar-refractivity contribution is 6.22. The number of nitrogens with zero attached hydrogens (tertiary/aromatic N) is 2. The lowest BCUT2D eigenvalue weighted by atomic mass is 9.99. The van der Waals surface area contributed by atoms with Gasteiger partial charge in [-0.15, -0.1) is 0 Å². The van der Waals surface area contributed by atoms with Gasteiger partial charge in [0.1, 0.15) is 0 Å². The predicted molar refractivity (Wildman–Crippen MR) is 79.2 cm³/mol. The van der Waals surface area contributed by atoms with Crippen molar-refractivity contribution in [1.82, 2.24) is 15.3 Å². The van der Waals surface area contributed by atoms with Gasteiger partial charge in [-0.05, 0) is 31.0 Å². The topological polar surface area (TPSA) is 113 Å². The minimum atomic E-state index is -0.765. The average Bonchev–Trinajstić information content (AvgIpc) is 2.78. The van der Waals surface area contributed by atoms with Gasteiger partial charge in [-0.3, -0.25) is 19.7 Å². The molecule has 0 atom stereocenters. The van der Waals surface area contributed by atoms with Crippen LogP contribution in [-0.2, 0) is 11.2 Å². The van der Waals surface area contributed by atoms with Crippen LogP contribution in [0.3, 0.4) is 0 Å². The zero-order chi connectivity index (χ0) is 16.6. The number of rotatable bonds is 4. The number of carbonyl (C=O) groups is 4. The number of imide groups is 2. The highest BCUT2D eigenvalue weighted by Gasteiger charge is 2.43. The minimum Gasteiger partial charge on any atom is -0.330 e. The normalized spacial score (nSPS) is 17.6. The first kappa shape index (κ1) is 15.2. The molecule has 1 aromatic rings. The van der Waals surface area contributed by atoms with E-state index >= 15 is 0 Å². The summed E-state index contributed by atoms with van der Waals surface area (Å²) in [6.45, 7) is 0.473. The largest absolute Gasteiger partial charge is 0.343 e. The van der Waals surface area contributed by atoms with Crippen molar-refractivity contribution in [2.24, 2.45) is 5.73 Å². The molecule has 0 radical (unpaired) electrons. The molecule has 0 unspecified atom stereocenters. The summed E-state index contributed by atoms with van der Waals surface area (Å²) in [5, 5.41) is 3.91. The van der Waals surface area contributed by atoms with Crippen molar-refractivity contribution >= 4 is 23.8 Å². The van der Waals surface area contributed by atoms with Crippen molar-refractivity contribution in [3.05, 3.63) is 34.9 Å². The lowest BCUT2D eigenvalue weighted by molar-refractivity contribution is -0.122. The molecule has 0 saturated carbocycles. The van der Waals surface area contributed by atoms with E-state index < -0.39 is 23.8 Å². The van der Waals surface area contributed by atoms with E-state index in [1.165, 1.54) is 0 Å². The van der Waals surface area contributed by atoms with Crippen molar-refractivity contribution in [1.29, 1.82) is 0 Å². The number of carbonyl (C=O) groups excluding carboxylic acids is 4. The maximum Gasteiger partial charge on any atom is 0.343 e. The summed E-state index contributed by atoms with van der Waals surface area (Å²) in [6, 6.07) is 4.29. The van der Waals surface area contributed by atoms with Crippen LogP contribution in [0.15, 0.2) is 18.2 Å². The number of urea groups is 1. The van der Waals surface area contributed by atoms with Crippen LogP contribution in [-0.4, -0.2) is 46.9 Å². The number of nitrogens with two attached hydrogens (primary N) is 1. The molecular weight excluding hydrogens is 300 g/mol. The number of nitrogens with one attached hydrogen (secondary N) is 1. The van der Waals surface area contributed by atoms with Gasteiger partial charge in [-0.2, -0.15) is 5.01 Å². The lowest BCUT2D eigenvalue weighted by Crippen LogP contribution is -2.58. The predicted octanol–water partition coefficient (Wildman–Crippen LogP) is 0.0308. The molecule has 5 amide bonds. The van der Waals surface area contributed by atoms with Gasteiger partial charge >= 0.3 is 6.03 Å². The third-order valence-electron chi connectivity index (χ3n) is 3.90. The summed E-state index contributed by atoms with van der Waals surface area (Å²) in [5.41, 5.74) is 6.83. The fraction of sp³-hybridized carbons (Fsp3) is 0.333. The average molecular weight is 316 g/mol. The second-order valence-corrected chi connectivity index (χ2v) is 5.38. The molecule has 8 heteroatoms. The molecule has 1 aromatic carbocycles. The maximum absolute atomic E-state index is 12.7. The van der Waals surface area contributed by atoms with Crippen molar-refractivity contribution in [3.8, 4) is 0 Å². The van der Waals surface area contributed by atoms with Crippen molar-refractivity contribution < 1.29 is 19.2 Å². The zero-order valence-electron chi connectivity index (χ0n) is 12.4. The van der Waals surface area contributed by atoms with E-state index in [0.717, 1.165) is 15.6 Å². The van der Waals surface area contributed by atoms with Gasteiger partial charge in [0.25, 0.3) is 11.8 Å². The molecule has 3 rings (SSSR count). The molecule has 23 heavy (non-hydrogen) atoms. The number of fused-ring (bicyclic) bond motifs is 1. The summed E-state index contributed by atoms with van der Waals surface area (Å²) in [4.78, 5) is 48.4. The molecule has 0 aromatic heterocycles. The van der Waals surface area contributed by atoms with Crippen LogP contribution >= 0.6 is 0 Å². The molecular formula is C15H16N4O4. The van der Waals surface area contributed by atoms with Gasteiger partial charge in [-0.25, -0.2) is 9.80 Å². The van der Waals surface area contributed by atoms with Crippen molar-refractivity contribution in [2.45, 2.75) is 19.3 Å². The third kappa shape index (κ3) is 2.46. The lowest BCUT2D eigenvalue weighted by Gasteiger charge is -2.32. The highest BCUT2D eigenvalue weighted by Crippen LogP contribution is 2.28. The van der Waals surface area contributed by atoms with Crippen LogP contribution < -0.4 is 11.1 Å². The number of benzene rings is 1. The molecule has 0 bridgehead atoms. The molecule has 1 saturated heterocycles. The summed E-state index contributed by atoms with van der Waals surface area (Å²) in [6.07, 6.45) is 1.31. The Bertz CT molecular complexity index is 715. The van der Waals surface area contributed by atoms with Crippen LogP contribution in [0.25, 0.3) is 0 Å². The smallest absolute Gasteiger partial charge is 0.330 e. The second-order valence-electron chi connectivity index (χ2n) is 5.38. The van der Waals surface area contributed by atoms with Crippen LogP contribution in [0.4, 0.5) is 4.79 Å². The molecule has 2 aliphatic rings. The summed E-state index contributed by atoms with van der Waals surface area (Å²) >= 11 is 0. The number of amides is 5. The zero-order valence-corrected chi connectivity index (χ0v) is 12.4. The Kier molecular flexibility index (Phi) is 3.83. The van der Waals surface area contributed by atoms with Gasteiger partial charge in [0.15, 0.2) is 0 Å². The summed E-state index contributed by atoms with van der Waals surface area (Å²) in [7, 11) is 0. The first-order valence-corrected chi connectivity index (χ1v) is 7.36. The molecule has 120 valence electrons. The van der Waals surface area contributed by atoms with Gasteiger partial charge < -0.3 is 5.73 Å². The standard InChI is InChI=1S/C15H16N4O4/c16-7-2-4-9-3-1-5-10-12(9)14(22)19(13(10)21)18-8-6-11(20)17-15(18)23/h1,3,5H,2,4,6-8,16H2,(H,17,20,23). The van der Waals surface area contributed by atoms with E-state index in [-0.39, 0.29) is 18.5 Å². The van der Waals surface area contributed by atoms with Crippen LogP contribution in [0.1, 0.15) is 39.1 Å². The van der Waals surface area contributed by atoms with E-state index in [1.54, 1.807) is 18.2 Å². The molecule has 0 spiro atoms. The molecule has 2 heterocycles. The van der Waals surface area contributed by atoms with E-state index in [4.69, 9.17) is 5.73 Å². The Hall–Kier alpha value is -2.74. The van der Waals surface area contributed by atoms with Crippen LogP contribution in [0.5, 0.6) is 0 Å². The maximum atomic E-state index is 12.7. The van der Waals surface area contributed by atoms with E-state index in [0.29, 0.717) is 24.9 Å². The van der Waals surface area contributed by atoms with Gasteiger partial charge in [0.2, 0.25) is 5.91 Å². The monoisotopic (exact) mass is 316 g/mol. The number of aryl methyl sites for hydroxylation is 1. The molecule has 0 aliphatic carbocycles. The Morgan fingerprint density at radius 1 is 1.13 bits per heavy atom. The van der Waals surface area contributed by atoms with Crippen molar-refractivity contribution in [3.63, 3.8) is 0 Å².